The number of hydrogen-bond acceptors (Lipinski definition) is 5. The second-order valence-electron chi connectivity index (χ2n) is 3.93. The summed E-state index contributed by atoms with van der Waals surface area (Å²) in [6, 6.07) is 14.4. The van der Waals surface area contributed by atoms with Crippen LogP contribution in [0.4, 0.5) is 0 Å². The average Bonchev–Trinajstić information content (AvgIpc) is 3.10. The van der Waals surface area contributed by atoms with Crippen molar-refractivity contribution < 1.29 is 4.42 Å². The summed E-state index contributed by atoms with van der Waals surface area (Å²) in [5.74, 6) is 1.55. The maximum Gasteiger partial charge on any atom is 0.276 e. The molecule has 0 spiro atoms. The molecule has 0 saturated heterocycles. The van der Waals surface area contributed by atoms with Crippen molar-refractivity contribution >= 4 is 23.1 Å². The number of hydrogen-bond donors (Lipinski definition) is 0. The van der Waals surface area contributed by atoms with Crippen molar-refractivity contribution in [3.05, 3.63) is 53.4 Å². The predicted molar refractivity (Wildman–Crippen MR) is 78.5 cm³/mol. The molecule has 3 aromatic rings. The van der Waals surface area contributed by atoms with E-state index in [0.717, 1.165) is 17.1 Å². The molecule has 19 heavy (non-hydrogen) atoms. The van der Waals surface area contributed by atoms with Gasteiger partial charge in [-0.1, -0.05) is 48.2 Å². The van der Waals surface area contributed by atoms with Gasteiger partial charge in [-0.05, 0) is 23.4 Å². The Morgan fingerprint density at radius 2 is 1.95 bits per heavy atom. The van der Waals surface area contributed by atoms with Gasteiger partial charge in [-0.3, -0.25) is 0 Å². The van der Waals surface area contributed by atoms with Crippen molar-refractivity contribution in [3.63, 3.8) is 0 Å². The Morgan fingerprint density at radius 1 is 1.05 bits per heavy atom. The Bertz CT molecular complexity index is 620. The second kappa shape index (κ2) is 6.04. The van der Waals surface area contributed by atoms with Crippen molar-refractivity contribution in [2.24, 2.45) is 0 Å². The molecule has 0 aliphatic heterocycles. The molecule has 0 N–H and O–H groups in total. The van der Waals surface area contributed by atoms with Crippen LogP contribution in [0.2, 0.25) is 0 Å². The van der Waals surface area contributed by atoms with Gasteiger partial charge in [0, 0.05) is 5.75 Å². The van der Waals surface area contributed by atoms with Crippen LogP contribution in [0.3, 0.4) is 0 Å². The summed E-state index contributed by atoms with van der Waals surface area (Å²) in [6.07, 6.45) is 1.00. The van der Waals surface area contributed by atoms with E-state index in [9.17, 15) is 0 Å². The normalized spacial score (nSPS) is 10.7. The molecule has 2 aromatic heterocycles. The van der Waals surface area contributed by atoms with Crippen LogP contribution in [0.5, 0.6) is 0 Å². The molecule has 3 nitrogen and oxygen atoms in total. The van der Waals surface area contributed by atoms with E-state index < -0.39 is 0 Å². The van der Waals surface area contributed by atoms with Crippen LogP contribution in [0, 0.1) is 0 Å². The van der Waals surface area contributed by atoms with E-state index in [1.807, 2.05) is 23.6 Å². The van der Waals surface area contributed by atoms with Gasteiger partial charge in [-0.15, -0.1) is 21.5 Å². The van der Waals surface area contributed by atoms with E-state index >= 15 is 0 Å². The van der Waals surface area contributed by atoms with Gasteiger partial charge in [0.1, 0.15) is 0 Å². The highest BCUT2D eigenvalue weighted by Crippen LogP contribution is 2.26. The van der Waals surface area contributed by atoms with E-state index in [-0.39, 0.29) is 0 Å². The number of thioether (sulfide) groups is 1. The minimum atomic E-state index is 0.609. The first kappa shape index (κ1) is 12.4. The van der Waals surface area contributed by atoms with Crippen molar-refractivity contribution in [1.82, 2.24) is 10.2 Å². The molecular weight excluding hydrogens is 276 g/mol. The van der Waals surface area contributed by atoms with Crippen LogP contribution in [0.25, 0.3) is 10.8 Å². The van der Waals surface area contributed by atoms with E-state index in [4.69, 9.17) is 4.42 Å². The number of nitrogens with zero attached hydrogens (tertiary/aromatic N) is 2. The van der Waals surface area contributed by atoms with E-state index in [2.05, 4.69) is 34.5 Å². The standard InChI is InChI=1S/C14H12N2OS2/c1-2-5-11(6-3-1)8-10-19-14-16-15-13(17-14)12-7-4-9-18-12/h1-7,9H,8,10H2. The number of benzene rings is 1. The smallest absolute Gasteiger partial charge is 0.276 e. The molecule has 1 aromatic carbocycles. The van der Waals surface area contributed by atoms with Crippen LogP contribution < -0.4 is 0 Å². The maximum atomic E-state index is 5.62. The summed E-state index contributed by atoms with van der Waals surface area (Å²) in [5, 5.41) is 10.8. The van der Waals surface area contributed by atoms with Gasteiger partial charge >= 0.3 is 0 Å². The fourth-order valence-electron chi connectivity index (χ4n) is 1.67. The zero-order chi connectivity index (χ0) is 12.9. The molecule has 0 atom stereocenters. The summed E-state index contributed by atoms with van der Waals surface area (Å²) < 4.78 is 5.62. The molecule has 3 rings (SSSR count). The Hall–Kier alpha value is -1.59. The topological polar surface area (TPSA) is 38.9 Å². The first-order chi connectivity index (χ1) is 9.42. The molecular formula is C14H12N2OS2. The number of aryl methyl sites for hydroxylation is 1. The zero-order valence-corrected chi connectivity index (χ0v) is 11.8. The molecule has 2 heterocycles. The Morgan fingerprint density at radius 3 is 2.74 bits per heavy atom. The SMILES string of the molecule is c1ccc(CCSc2nnc(-c3cccs3)o2)cc1. The summed E-state index contributed by atoms with van der Waals surface area (Å²) in [5.41, 5.74) is 1.33. The van der Waals surface area contributed by atoms with Gasteiger partial charge in [0.25, 0.3) is 11.1 Å². The van der Waals surface area contributed by atoms with Crippen molar-refractivity contribution in [1.29, 1.82) is 0 Å². The molecule has 5 heteroatoms. The third-order valence-corrected chi connectivity index (χ3v) is 4.28. The summed E-state index contributed by atoms with van der Waals surface area (Å²) in [7, 11) is 0. The van der Waals surface area contributed by atoms with E-state index in [1.165, 1.54) is 5.56 Å². The maximum absolute atomic E-state index is 5.62. The van der Waals surface area contributed by atoms with Gasteiger partial charge in [0.05, 0.1) is 4.88 Å². The molecule has 96 valence electrons. The third kappa shape index (κ3) is 3.24. The summed E-state index contributed by atoms with van der Waals surface area (Å²) in [6.45, 7) is 0. The Kier molecular flexibility index (Phi) is 3.95. The number of aromatic nitrogens is 2. The minimum absolute atomic E-state index is 0.609. The van der Waals surface area contributed by atoms with Gasteiger partial charge in [0.15, 0.2) is 0 Å². The fourth-order valence-corrected chi connectivity index (χ4v) is 3.06. The molecule has 0 saturated carbocycles. The number of rotatable bonds is 5. The third-order valence-electron chi connectivity index (χ3n) is 2.60. The van der Waals surface area contributed by atoms with Gasteiger partial charge in [-0.25, -0.2) is 0 Å². The molecule has 0 radical (unpaired) electrons. The Labute approximate surface area is 119 Å². The van der Waals surface area contributed by atoms with Crippen LogP contribution in [-0.4, -0.2) is 16.0 Å². The quantitative estimate of drug-likeness (QED) is 0.662. The highest BCUT2D eigenvalue weighted by molar-refractivity contribution is 7.99. The van der Waals surface area contributed by atoms with Crippen molar-refractivity contribution in [3.8, 4) is 10.8 Å². The first-order valence-corrected chi connectivity index (χ1v) is 7.82. The lowest BCUT2D eigenvalue weighted by Crippen LogP contribution is -1.87. The molecule has 0 amide bonds. The number of thiophene rings is 1. The molecule has 0 unspecified atom stereocenters. The summed E-state index contributed by atoms with van der Waals surface area (Å²) >= 11 is 3.20. The lowest BCUT2D eigenvalue weighted by Gasteiger charge is -1.97. The van der Waals surface area contributed by atoms with Crippen LogP contribution in [0.1, 0.15) is 5.56 Å². The molecule has 0 fully saturated rings. The van der Waals surface area contributed by atoms with Crippen LogP contribution in [0.15, 0.2) is 57.5 Å². The monoisotopic (exact) mass is 288 g/mol. The van der Waals surface area contributed by atoms with E-state index in [1.54, 1.807) is 23.1 Å². The van der Waals surface area contributed by atoms with Gasteiger partial charge in [0.2, 0.25) is 0 Å². The lowest BCUT2D eigenvalue weighted by atomic mass is 10.2. The largest absolute Gasteiger partial charge is 0.410 e. The fraction of sp³-hybridized carbons (Fsp3) is 0.143. The predicted octanol–water partition coefficient (Wildman–Crippen LogP) is 4.13. The van der Waals surface area contributed by atoms with Crippen molar-refractivity contribution in [2.75, 3.05) is 5.75 Å². The molecule has 0 bridgehead atoms. The highest BCUT2D eigenvalue weighted by Gasteiger charge is 2.09. The van der Waals surface area contributed by atoms with E-state index in [0.29, 0.717) is 11.1 Å². The summed E-state index contributed by atoms with van der Waals surface area (Å²) in [4.78, 5) is 1.02. The Balaban J connectivity index is 1.56. The van der Waals surface area contributed by atoms with Gasteiger partial charge < -0.3 is 4.42 Å². The van der Waals surface area contributed by atoms with Gasteiger partial charge in [-0.2, -0.15) is 0 Å². The van der Waals surface area contributed by atoms with Crippen LogP contribution in [-0.2, 0) is 6.42 Å². The van der Waals surface area contributed by atoms with Crippen LogP contribution >= 0.6 is 23.1 Å². The lowest BCUT2D eigenvalue weighted by molar-refractivity contribution is 0.467. The first-order valence-electron chi connectivity index (χ1n) is 5.96. The highest BCUT2D eigenvalue weighted by atomic mass is 32.2. The zero-order valence-electron chi connectivity index (χ0n) is 10.2. The molecule has 0 aliphatic rings. The minimum Gasteiger partial charge on any atom is -0.410 e. The average molecular weight is 288 g/mol. The van der Waals surface area contributed by atoms with Crippen molar-refractivity contribution in [2.45, 2.75) is 11.6 Å². The molecule has 0 aliphatic carbocycles. The second-order valence-corrected chi connectivity index (χ2v) is 5.93.